The van der Waals surface area contributed by atoms with Crippen LogP contribution in [0.3, 0.4) is 0 Å². The van der Waals surface area contributed by atoms with Crippen LogP contribution in [0.15, 0.2) is 154 Å². The Morgan fingerprint density at radius 1 is 0.475 bits per heavy atom. The van der Waals surface area contributed by atoms with Crippen molar-refractivity contribution in [3.05, 3.63) is 191 Å². The van der Waals surface area contributed by atoms with Crippen molar-refractivity contribution in [2.45, 2.75) is 57.8 Å². The molecule has 300 valence electrons. The van der Waals surface area contributed by atoms with Crippen LogP contribution in [-0.4, -0.2) is 9.97 Å². The standard InChI is InChI=1S/C55H42N2O3.Pt/c1-53(2,3)33-27-29-45-39(31-33)55(40-32-34(54(4,5)6)28-30-46(40)60-45,49-25-13-19-41(56-49)35-17-11-23-47-51(35)37-15-7-9-21-43(37)58-47)50-26-14-20-42(57-50)36-18-12-24-48-52(36)38-16-8-10-22-44(38)59-48;/h7-16,19-32H,1-6H3;/q-2;+2. The number of hydrogen-bond donors (Lipinski definition) is 0. The number of benzene rings is 6. The van der Waals surface area contributed by atoms with Gasteiger partial charge < -0.3 is 13.6 Å². The van der Waals surface area contributed by atoms with Crippen LogP contribution < -0.4 is 4.74 Å². The van der Waals surface area contributed by atoms with E-state index in [0.29, 0.717) is 0 Å². The second-order valence-electron chi connectivity index (χ2n) is 18.0. The number of rotatable bonds is 4. The van der Waals surface area contributed by atoms with Crippen LogP contribution in [0.4, 0.5) is 0 Å². The van der Waals surface area contributed by atoms with E-state index >= 15 is 0 Å². The van der Waals surface area contributed by atoms with Crippen molar-refractivity contribution in [2.75, 3.05) is 0 Å². The van der Waals surface area contributed by atoms with Gasteiger partial charge in [-0.2, -0.15) is 0 Å². The van der Waals surface area contributed by atoms with Crippen LogP contribution in [0.1, 0.15) is 75.2 Å². The molecule has 4 aromatic heterocycles. The van der Waals surface area contributed by atoms with Crippen LogP contribution in [0.25, 0.3) is 66.4 Å². The van der Waals surface area contributed by atoms with Gasteiger partial charge in [-0.3, -0.25) is 9.97 Å². The van der Waals surface area contributed by atoms with E-state index in [0.717, 1.165) is 100 Å². The predicted molar refractivity (Wildman–Crippen MR) is 241 cm³/mol. The monoisotopic (exact) mass is 973 g/mol. The van der Waals surface area contributed by atoms with E-state index in [-0.39, 0.29) is 31.9 Å². The molecule has 0 radical (unpaired) electrons. The maximum Gasteiger partial charge on any atom is 2.00 e. The third kappa shape index (κ3) is 6.08. The van der Waals surface area contributed by atoms with Crippen LogP contribution >= 0.6 is 0 Å². The van der Waals surface area contributed by atoms with E-state index in [1.54, 1.807) is 0 Å². The largest absolute Gasteiger partial charge is 2.00 e. The minimum Gasteiger partial charge on any atom is -0.476 e. The summed E-state index contributed by atoms with van der Waals surface area (Å²) in [5.41, 5.74) is 11.2. The number of para-hydroxylation sites is 2. The Balaban J connectivity index is 0.00000445. The van der Waals surface area contributed by atoms with Crippen molar-refractivity contribution in [1.29, 1.82) is 0 Å². The van der Waals surface area contributed by atoms with Crippen molar-refractivity contribution >= 4 is 43.9 Å². The normalized spacial score (nSPS) is 13.5. The molecule has 0 aliphatic carbocycles. The van der Waals surface area contributed by atoms with Gasteiger partial charge in [-0.15, -0.1) is 35.4 Å². The summed E-state index contributed by atoms with van der Waals surface area (Å²) in [6, 6.07) is 57.2. The second-order valence-corrected chi connectivity index (χ2v) is 18.0. The van der Waals surface area contributed by atoms with E-state index in [2.05, 4.69) is 139 Å². The number of furan rings is 2. The van der Waals surface area contributed by atoms with E-state index in [1.807, 2.05) is 60.7 Å². The van der Waals surface area contributed by atoms with Crippen molar-refractivity contribution < 1.29 is 34.6 Å². The molecule has 5 nitrogen and oxygen atoms in total. The summed E-state index contributed by atoms with van der Waals surface area (Å²) in [6.07, 6.45) is 0. The zero-order valence-electron chi connectivity index (χ0n) is 34.8. The van der Waals surface area contributed by atoms with Gasteiger partial charge in [-0.25, -0.2) is 0 Å². The summed E-state index contributed by atoms with van der Waals surface area (Å²) in [5, 5.41) is 4.03. The molecule has 0 amide bonds. The molecule has 6 aromatic carbocycles. The Morgan fingerprint density at radius 2 is 0.918 bits per heavy atom. The Kier molecular flexibility index (Phi) is 9.02. The summed E-state index contributed by atoms with van der Waals surface area (Å²) in [6.45, 7) is 13.5. The van der Waals surface area contributed by atoms with E-state index < -0.39 is 5.41 Å². The van der Waals surface area contributed by atoms with E-state index in [1.165, 1.54) is 11.1 Å². The van der Waals surface area contributed by atoms with Gasteiger partial charge in [0, 0.05) is 11.1 Å². The number of fused-ring (bicyclic) bond motifs is 8. The molecule has 1 aliphatic rings. The molecule has 0 N–H and O–H groups in total. The van der Waals surface area contributed by atoms with E-state index in [4.69, 9.17) is 23.5 Å². The smallest absolute Gasteiger partial charge is 0.476 e. The molecule has 10 aromatic rings. The van der Waals surface area contributed by atoms with Crippen LogP contribution in [0, 0.1) is 12.1 Å². The molecule has 0 saturated heterocycles. The van der Waals surface area contributed by atoms with Gasteiger partial charge in [0.05, 0.1) is 22.6 Å². The number of pyridine rings is 2. The third-order valence-electron chi connectivity index (χ3n) is 12.2. The molecular weight excluding hydrogens is 932 g/mol. The first-order chi connectivity index (χ1) is 29.0. The van der Waals surface area contributed by atoms with Crippen molar-refractivity contribution in [3.63, 3.8) is 0 Å². The van der Waals surface area contributed by atoms with Crippen LogP contribution in [0.5, 0.6) is 11.5 Å². The fourth-order valence-corrected chi connectivity index (χ4v) is 9.10. The average Bonchev–Trinajstić information content (AvgIpc) is 3.83. The van der Waals surface area contributed by atoms with Crippen molar-refractivity contribution in [1.82, 2.24) is 9.97 Å². The average molecular weight is 974 g/mol. The number of aromatic nitrogens is 2. The number of ether oxygens (including phenoxy) is 1. The number of hydrogen-bond acceptors (Lipinski definition) is 5. The molecule has 0 saturated carbocycles. The summed E-state index contributed by atoms with van der Waals surface area (Å²) in [4.78, 5) is 11.5. The fourth-order valence-electron chi connectivity index (χ4n) is 9.10. The summed E-state index contributed by atoms with van der Waals surface area (Å²) in [7, 11) is 0. The minimum absolute atomic E-state index is 0. The third-order valence-corrected chi connectivity index (χ3v) is 12.2. The molecule has 0 spiro atoms. The number of nitrogens with zero attached hydrogens (tertiary/aromatic N) is 2. The van der Waals surface area contributed by atoms with Gasteiger partial charge in [0.2, 0.25) is 0 Å². The molecule has 0 fully saturated rings. The minimum atomic E-state index is -1.03. The second kappa shape index (κ2) is 14.1. The Bertz CT molecular complexity index is 3120. The first-order valence-corrected chi connectivity index (χ1v) is 20.6. The molecule has 0 bridgehead atoms. The van der Waals surface area contributed by atoms with Gasteiger partial charge in [-0.05, 0) is 92.6 Å². The van der Waals surface area contributed by atoms with E-state index in [9.17, 15) is 0 Å². The summed E-state index contributed by atoms with van der Waals surface area (Å²) in [5.74, 6) is 1.53. The molecule has 61 heavy (non-hydrogen) atoms. The zero-order valence-corrected chi connectivity index (χ0v) is 37.1. The maximum absolute atomic E-state index is 6.94. The maximum atomic E-state index is 6.94. The van der Waals surface area contributed by atoms with Crippen molar-refractivity contribution in [3.8, 4) is 34.0 Å². The van der Waals surface area contributed by atoms with Crippen LogP contribution in [0.2, 0.25) is 0 Å². The van der Waals surface area contributed by atoms with Crippen LogP contribution in [-0.2, 0) is 37.3 Å². The first kappa shape index (κ1) is 38.9. The Hall–Kier alpha value is -6.29. The van der Waals surface area contributed by atoms with Gasteiger partial charge in [0.15, 0.2) is 0 Å². The molecule has 0 unspecified atom stereocenters. The summed E-state index contributed by atoms with van der Waals surface area (Å²) < 4.78 is 19.7. The Morgan fingerprint density at radius 3 is 1.36 bits per heavy atom. The molecule has 11 rings (SSSR count). The van der Waals surface area contributed by atoms with Gasteiger partial charge in [-0.1, -0.05) is 137 Å². The molecule has 0 atom stereocenters. The molecule has 1 aliphatic heterocycles. The molecular formula is C55H42N2O3Pt. The molecule has 6 heteroatoms. The SMILES string of the molecule is CC(C)(C)c1ccc2c(c1)C(c1cccc(-c3[c-]ccc4oc5ccccc5c34)n1)(c1cccc(-c3[c-]ccc4oc5ccccc5c34)n1)c1cc(C(C)(C)C)ccc1O2.[Pt+2]. The van der Waals surface area contributed by atoms with Crippen molar-refractivity contribution in [2.24, 2.45) is 0 Å². The quantitative estimate of drug-likeness (QED) is 0.164. The molecule has 5 heterocycles. The van der Waals surface area contributed by atoms with Gasteiger partial charge in [0.1, 0.15) is 28.1 Å². The van der Waals surface area contributed by atoms with Gasteiger partial charge in [0.25, 0.3) is 0 Å². The summed E-state index contributed by atoms with van der Waals surface area (Å²) >= 11 is 0. The Labute approximate surface area is 369 Å². The predicted octanol–water partition coefficient (Wildman–Crippen LogP) is 14.3. The topological polar surface area (TPSA) is 61.3 Å². The first-order valence-electron chi connectivity index (χ1n) is 20.6. The van der Waals surface area contributed by atoms with Gasteiger partial charge >= 0.3 is 21.1 Å². The zero-order chi connectivity index (χ0) is 41.0. The fraction of sp³-hybridized carbons (Fsp3) is 0.164.